The molecule has 0 amide bonds. The molecule has 4 N–H and O–H groups in total. The summed E-state index contributed by atoms with van der Waals surface area (Å²) in [6, 6.07) is 10.3. The lowest BCUT2D eigenvalue weighted by Gasteiger charge is -1.90. The number of hydrogen-bond donors (Lipinski definition) is 3. The summed E-state index contributed by atoms with van der Waals surface area (Å²) in [5.74, 6) is 0. The number of aromatic nitrogens is 4. The summed E-state index contributed by atoms with van der Waals surface area (Å²) in [6.45, 7) is 0. The van der Waals surface area contributed by atoms with Crippen LogP contribution in [-0.2, 0) is 0 Å². The number of nitro groups is 1. The molecule has 0 fully saturated rings. The van der Waals surface area contributed by atoms with Gasteiger partial charge in [-0.3, -0.25) is 20.3 Å². The van der Waals surface area contributed by atoms with Crippen LogP contribution in [0.1, 0.15) is 0 Å². The molecule has 2 aromatic heterocycles. The zero-order valence-corrected chi connectivity index (χ0v) is 19.0. The number of non-ortho nitro benzene ring substituents is 1. The van der Waals surface area contributed by atoms with Crippen LogP contribution < -0.4 is 5.73 Å². The first-order chi connectivity index (χ1) is 11.5. The van der Waals surface area contributed by atoms with Crippen molar-refractivity contribution < 1.29 is 4.92 Å². The van der Waals surface area contributed by atoms with Gasteiger partial charge in [0.15, 0.2) is 0 Å². The number of anilines is 1. The van der Waals surface area contributed by atoms with Crippen LogP contribution in [0.3, 0.4) is 0 Å². The number of nitro benzene ring substituents is 1. The second kappa shape index (κ2) is 8.43. The Morgan fingerprint density at radius 3 is 2.04 bits per heavy atom. The fourth-order valence-corrected chi connectivity index (χ4v) is 3.18. The molecule has 0 bridgehead atoms. The van der Waals surface area contributed by atoms with Crippen molar-refractivity contribution in [3.05, 3.63) is 53.9 Å². The standard InChI is InChI=1S/C7H4IN3O2.C7H6IN3.HI/c8-7-5-3-4(11(12)13)1-2-6(5)9-10-7;8-7-5-3-4(9)1-2-6(5)10-11-7;/h1-3H,(H,9,10);1-3H,9H2,(H,10,11);1H. The van der Waals surface area contributed by atoms with Crippen molar-refractivity contribution in [1.82, 2.24) is 20.4 Å². The molecule has 25 heavy (non-hydrogen) atoms. The van der Waals surface area contributed by atoms with Gasteiger partial charge < -0.3 is 5.73 Å². The van der Waals surface area contributed by atoms with E-state index in [1.54, 1.807) is 6.07 Å². The molecule has 0 radical (unpaired) electrons. The number of benzene rings is 2. The largest absolute Gasteiger partial charge is 0.399 e. The molecule has 0 aliphatic carbocycles. The number of fused-ring (bicyclic) bond motifs is 2. The normalized spacial score (nSPS) is 10.2. The average molecular weight is 676 g/mol. The minimum Gasteiger partial charge on any atom is -0.399 e. The molecule has 2 aromatic carbocycles. The molecule has 130 valence electrons. The summed E-state index contributed by atoms with van der Waals surface area (Å²) in [7, 11) is 0. The molecule has 4 aromatic rings. The Kier molecular flexibility index (Phi) is 6.78. The van der Waals surface area contributed by atoms with Gasteiger partial charge in [0.25, 0.3) is 5.69 Å². The molecular weight excluding hydrogens is 665 g/mol. The first-order valence-electron chi connectivity index (χ1n) is 6.63. The number of nitrogen functional groups attached to an aromatic ring is 1. The van der Waals surface area contributed by atoms with Gasteiger partial charge in [-0.15, -0.1) is 24.0 Å². The molecule has 11 heteroatoms. The molecule has 4 rings (SSSR count). The van der Waals surface area contributed by atoms with Crippen molar-refractivity contribution in [2.24, 2.45) is 0 Å². The van der Waals surface area contributed by atoms with Gasteiger partial charge in [-0.1, -0.05) is 0 Å². The maximum absolute atomic E-state index is 10.5. The molecule has 0 unspecified atom stereocenters. The number of hydrogen-bond acceptors (Lipinski definition) is 5. The second-order valence-electron chi connectivity index (χ2n) is 4.81. The van der Waals surface area contributed by atoms with E-state index in [1.807, 2.05) is 18.2 Å². The smallest absolute Gasteiger partial charge is 0.270 e. The number of nitrogens with zero attached hydrogens (tertiary/aromatic N) is 3. The van der Waals surface area contributed by atoms with Gasteiger partial charge in [0, 0.05) is 28.6 Å². The first-order valence-corrected chi connectivity index (χ1v) is 8.78. The Hall–Kier alpha value is -1.23. The van der Waals surface area contributed by atoms with E-state index in [2.05, 4.69) is 65.6 Å². The summed E-state index contributed by atoms with van der Waals surface area (Å²) >= 11 is 4.25. The highest BCUT2D eigenvalue weighted by Crippen LogP contribution is 2.22. The summed E-state index contributed by atoms with van der Waals surface area (Å²) in [5.41, 5.74) is 8.18. The van der Waals surface area contributed by atoms with Crippen LogP contribution in [0.4, 0.5) is 11.4 Å². The number of H-pyrrole nitrogens is 2. The van der Waals surface area contributed by atoms with Crippen molar-refractivity contribution in [3.8, 4) is 0 Å². The van der Waals surface area contributed by atoms with Gasteiger partial charge in [-0.2, -0.15) is 10.2 Å². The zero-order chi connectivity index (χ0) is 17.3. The molecule has 2 heterocycles. The Morgan fingerprint density at radius 2 is 1.48 bits per heavy atom. The average Bonchev–Trinajstić information content (AvgIpc) is 3.11. The molecule has 0 saturated carbocycles. The number of nitrogens with two attached hydrogens (primary N) is 1. The van der Waals surface area contributed by atoms with Gasteiger partial charge >= 0.3 is 0 Å². The van der Waals surface area contributed by atoms with Crippen LogP contribution in [0.15, 0.2) is 36.4 Å². The van der Waals surface area contributed by atoms with Crippen LogP contribution in [-0.4, -0.2) is 25.3 Å². The van der Waals surface area contributed by atoms with Gasteiger partial charge in [-0.25, -0.2) is 0 Å². The van der Waals surface area contributed by atoms with E-state index in [9.17, 15) is 10.1 Å². The van der Waals surface area contributed by atoms with Crippen molar-refractivity contribution >= 4 is 102 Å². The maximum Gasteiger partial charge on any atom is 0.270 e. The van der Waals surface area contributed by atoms with E-state index in [0.29, 0.717) is 0 Å². The molecule has 8 nitrogen and oxygen atoms in total. The highest BCUT2D eigenvalue weighted by atomic mass is 127. The summed E-state index contributed by atoms with van der Waals surface area (Å²) in [6.07, 6.45) is 0. The van der Waals surface area contributed by atoms with Crippen molar-refractivity contribution in [1.29, 1.82) is 0 Å². The van der Waals surface area contributed by atoms with E-state index in [4.69, 9.17) is 5.73 Å². The van der Waals surface area contributed by atoms with Crippen LogP contribution in [0.25, 0.3) is 21.8 Å². The lowest BCUT2D eigenvalue weighted by atomic mass is 10.2. The summed E-state index contributed by atoms with van der Waals surface area (Å²) in [5, 5.41) is 26.0. The van der Waals surface area contributed by atoms with Crippen molar-refractivity contribution in [3.63, 3.8) is 0 Å². The molecule has 0 saturated heterocycles. The predicted octanol–water partition coefficient (Wildman–Crippen LogP) is 4.44. The van der Waals surface area contributed by atoms with E-state index in [1.165, 1.54) is 12.1 Å². The Balaban J connectivity index is 0.000000175. The van der Waals surface area contributed by atoms with Crippen LogP contribution in [0.5, 0.6) is 0 Å². The monoisotopic (exact) mass is 676 g/mol. The number of nitrogens with one attached hydrogen (secondary N) is 2. The first kappa shape index (κ1) is 20.1. The third-order valence-electron chi connectivity index (χ3n) is 3.23. The third-order valence-corrected chi connectivity index (χ3v) is 4.88. The van der Waals surface area contributed by atoms with Gasteiger partial charge in [0.2, 0.25) is 0 Å². The van der Waals surface area contributed by atoms with Crippen LogP contribution >= 0.6 is 69.2 Å². The highest BCUT2D eigenvalue weighted by molar-refractivity contribution is 14.1. The minimum atomic E-state index is -0.414. The van der Waals surface area contributed by atoms with Crippen molar-refractivity contribution in [2.75, 3.05) is 5.73 Å². The zero-order valence-electron chi connectivity index (χ0n) is 12.4. The van der Waals surface area contributed by atoms with Gasteiger partial charge in [0.1, 0.15) is 7.40 Å². The number of aromatic amines is 2. The molecule has 0 spiro atoms. The third kappa shape index (κ3) is 4.49. The highest BCUT2D eigenvalue weighted by Gasteiger charge is 2.09. The Morgan fingerprint density at radius 1 is 0.960 bits per heavy atom. The van der Waals surface area contributed by atoms with E-state index in [-0.39, 0.29) is 29.7 Å². The molecule has 0 aliphatic heterocycles. The van der Waals surface area contributed by atoms with E-state index >= 15 is 0 Å². The fraction of sp³-hybridized carbons (Fsp3) is 0. The number of rotatable bonds is 1. The van der Waals surface area contributed by atoms with E-state index < -0.39 is 4.92 Å². The second-order valence-corrected chi connectivity index (χ2v) is 6.97. The molecule has 0 aliphatic rings. The lowest BCUT2D eigenvalue weighted by molar-refractivity contribution is -0.384. The van der Waals surface area contributed by atoms with Crippen molar-refractivity contribution in [2.45, 2.75) is 0 Å². The number of halogens is 3. The topological polar surface area (TPSA) is 127 Å². The lowest BCUT2D eigenvalue weighted by Crippen LogP contribution is -1.86. The van der Waals surface area contributed by atoms with E-state index in [0.717, 1.165) is 34.9 Å². The van der Waals surface area contributed by atoms with Gasteiger partial charge in [0.05, 0.1) is 16.0 Å². The van der Waals surface area contributed by atoms with Crippen LogP contribution in [0.2, 0.25) is 0 Å². The summed E-state index contributed by atoms with van der Waals surface area (Å²) in [4.78, 5) is 10.0. The fourth-order valence-electron chi connectivity index (χ4n) is 2.08. The Labute approximate surface area is 185 Å². The summed E-state index contributed by atoms with van der Waals surface area (Å²) < 4.78 is 1.85. The van der Waals surface area contributed by atoms with Crippen LogP contribution in [0, 0.1) is 17.5 Å². The maximum atomic E-state index is 10.5. The SMILES string of the molecule is I.Nc1ccc2n[nH]c(I)c2c1.O=[N+]([O-])c1ccc2n[nH]c(I)c2c1. The minimum absolute atomic E-state index is 0. The molecular formula is C14H11I3N6O2. The molecule has 0 atom stereocenters. The Bertz CT molecular complexity index is 1050. The van der Waals surface area contributed by atoms with Gasteiger partial charge in [-0.05, 0) is 69.4 Å². The quantitative estimate of drug-likeness (QED) is 0.119. The predicted molar refractivity (Wildman–Crippen MR) is 124 cm³/mol.